The van der Waals surface area contributed by atoms with Crippen LogP contribution in [-0.2, 0) is 29.0 Å². The predicted molar refractivity (Wildman–Crippen MR) is 105 cm³/mol. The van der Waals surface area contributed by atoms with Crippen LogP contribution in [0.5, 0.6) is 5.75 Å². The summed E-state index contributed by atoms with van der Waals surface area (Å²) < 4.78 is 73.4. The fraction of sp³-hybridized carbons (Fsp3) is 0.400. The summed E-state index contributed by atoms with van der Waals surface area (Å²) in [6.07, 6.45) is -2.71. The van der Waals surface area contributed by atoms with Crippen molar-refractivity contribution in [3.05, 3.63) is 53.1 Å². The number of anilines is 1. The summed E-state index contributed by atoms with van der Waals surface area (Å²) in [6.45, 7) is 0. The number of hydrogen-bond donors (Lipinski definition) is 1. The van der Waals surface area contributed by atoms with Crippen LogP contribution in [0.3, 0.4) is 0 Å². The number of benzene rings is 2. The van der Waals surface area contributed by atoms with Gasteiger partial charge in [-0.2, -0.15) is 13.2 Å². The number of rotatable bonds is 5. The summed E-state index contributed by atoms with van der Waals surface area (Å²) in [6, 6.07) is 7.62. The maximum atomic E-state index is 13.3. The molecule has 0 bridgehead atoms. The molecule has 9 heteroatoms. The van der Waals surface area contributed by atoms with E-state index in [-0.39, 0.29) is 11.7 Å². The zero-order valence-electron chi connectivity index (χ0n) is 16.4. The van der Waals surface area contributed by atoms with Crippen LogP contribution in [0.1, 0.15) is 23.1 Å². The molecule has 0 spiro atoms. The van der Waals surface area contributed by atoms with Crippen molar-refractivity contribution >= 4 is 15.7 Å². The lowest BCUT2D eigenvalue weighted by molar-refractivity contribution is -0.139. The van der Waals surface area contributed by atoms with Gasteiger partial charge in [-0.15, -0.1) is 0 Å². The average molecular weight is 428 g/mol. The number of nitrogens with zero attached hydrogens (tertiary/aromatic N) is 1. The molecule has 1 aliphatic carbocycles. The Balaban J connectivity index is 2.03. The van der Waals surface area contributed by atoms with Gasteiger partial charge < -0.3 is 9.64 Å². The summed E-state index contributed by atoms with van der Waals surface area (Å²) in [5.41, 5.74) is 0.731. The maximum absolute atomic E-state index is 13.3. The summed E-state index contributed by atoms with van der Waals surface area (Å²) >= 11 is 0. The van der Waals surface area contributed by atoms with E-state index in [2.05, 4.69) is 9.62 Å². The van der Waals surface area contributed by atoms with Gasteiger partial charge in [0.2, 0.25) is 0 Å². The second-order valence-corrected chi connectivity index (χ2v) is 8.88. The Kier molecular flexibility index (Phi) is 5.82. The van der Waals surface area contributed by atoms with Crippen LogP contribution in [0, 0.1) is 0 Å². The maximum Gasteiger partial charge on any atom is 0.417 e. The number of methoxy groups -OCH3 is 1. The number of halogens is 3. The van der Waals surface area contributed by atoms with Crippen molar-refractivity contribution in [1.82, 2.24) is 4.90 Å². The molecule has 1 atom stereocenters. The molecular formula is C20H23F3N2O3S. The van der Waals surface area contributed by atoms with Gasteiger partial charge in [0, 0.05) is 11.6 Å². The van der Waals surface area contributed by atoms with Gasteiger partial charge >= 0.3 is 6.18 Å². The molecule has 0 amide bonds. The van der Waals surface area contributed by atoms with E-state index >= 15 is 0 Å². The molecule has 29 heavy (non-hydrogen) atoms. The molecule has 0 unspecified atom stereocenters. The average Bonchev–Trinajstić information content (AvgIpc) is 2.67. The summed E-state index contributed by atoms with van der Waals surface area (Å²) in [7, 11) is 1.06. The highest BCUT2D eigenvalue weighted by atomic mass is 32.2. The van der Waals surface area contributed by atoms with Crippen molar-refractivity contribution in [2.75, 3.05) is 25.9 Å². The molecular weight excluding hydrogens is 405 g/mol. The monoisotopic (exact) mass is 428 g/mol. The minimum atomic E-state index is -4.77. The largest absolute Gasteiger partial charge is 0.496 e. The normalized spacial score (nSPS) is 17.1. The first-order valence-corrected chi connectivity index (χ1v) is 10.6. The fourth-order valence-corrected chi connectivity index (χ4v) is 5.01. The van der Waals surface area contributed by atoms with Crippen molar-refractivity contribution in [3.63, 3.8) is 0 Å². The van der Waals surface area contributed by atoms with Crippen LogP contribution in [0.4, 0.5) is 18.9 Å². The third kappa shape index (κ3) is 4.35. The van der Waals surface area contributed by atoms with Gasteiger partial charge in [0.1, 0.15) is 5.75 Å². The Bertz CT molecular complexity index is 1000. The van der Waals surface area contributed by atoms with E-state index < -0.39 is 26.7 Å². The molecule has 0 aliphatic heterocycles. The van der Waals surface area contributed by atoms with Crippen molar-refractivity contribution < 1.29 is 26.3 Å². The highest BCUT2D eigenvalue weighted by molar-refractivity contribution is 7.92. The van der Waals surface area contributed by atoms with Crippen LogP contribution in [0.15, 0.2) is 41.3 Å². The lowest BCUT2D eigenvalue weighted by Crippen LogP contribution is -2.34. The molecule has 158 valence electrons. The Morgan fingerprint density at radius 1 is 1.10 bits per heavy atom. The van der Waals surface area contributed by atoms with Crippen molar-refractivity contribution in [1.29, 1.82) is 0 Å². The second-order valence-electron chi connectivity index (χ2n) is 7.23. The van der Waals surface area contributed by atoms with E-state index in [4.69, 9.17) is 4.74 Å². The van der Waals surface area contributed by atoms with Gasteiger partial charge in [-0.05, 0) is 63.2 Å². The molecule has 0 fully saturated rings. The number of likely N-dealkylation sites (N-methyl/N-ethyl adjacent to an activating group) is 1. The first-order valence-electron chi connectivity index (χ1n) is 9.09. The first-order chi connectivity index (χ1) is 13.5. The number of sulfonamides is 1. The molecule has 0 saturated carbocycles. The van der Waals surface area contributed by atoms with E-state index in [1.54, 1.807) is 12.1 Å². The number of ether oxygens (including phenoxy) is 1. The van der Waals surface area contributed by atoms with Crippen molar-refractivity contribution in [2.24, 2.45) is 0 Å². The molecule has 0 radical (unpaired) electrons. The lowest BCUT2D eigenvalue weighted by Gasteiger charge is -2.32. The van der Waals surface area contributed by atoms with E-state index in [9.17, 15) is 21.6 Å². The molecule has 1 aliphatic rings. The predicted octanol–water partition coefficient (Wildman–Crippen LogP) is 3.93. The van der Waals surface area contributed by atoms with Gasteiger partial charge in [-0.3, -0.25) is 4.72 Å². The van der Waals surface area contributed by atoms with Crippen LogP contribution < -0.4 is 9.46 Å². The molecule has 0 heterocycles. The fourth-order valence-electron chi connectivity index (χ4n) is 3.69. The van der Waals surface area contributed by atoms with Gasteiger partial charge in [0.25, 0.3) is 10.0 Å². The van der Waals surface area contributed by atoms with Gasteiger partial charge in [-0.25, -0.2) is 8.42 Å². The molecule has 0 saturated heterocycles. The first kappa shape index (κ1) is 21.4. The summed E-state index contributed by atoms with van der Waals surface area (Å²) in [4.78, 5) is 1.30. The number of alkyl halides is 3. The van der Waals surface area contributed by atoms with Gasteiger partial charge in [0.05, 0.1) is 23.3 Å². The molecule has 5 nitrogen and oxygen atoms in total. The van der Waals surface area contributed by atoms with Gasteiger partial charge in [0.15, 0.2) is 0 Å². The van der Waals surface area contributed by atoms with Crippen LogP contribution >= 0.6 is 0 Å². The molecule has 0 aromatic heterocycles. The van der Waals surface area contributed by atoms with E-state index in [1.165, 1.54) is 19.2 Å². The minimum absolute atomic E-state index is 0.272. The molecule has 2 aromatic carbocycles. The zero-order chi connectivity index (χ0) is 21.4. The summed E-state index contributed by atoms with van der Waals surface area (Å²) in [5, 5.41) is 0. The Labute approximate surface area is 168 Å². The molecule has 1 N–H and O–H groups in total. The SMILES string of the molecule is COc1ccc(NS(=O)(=O)c2ccccc2C(F)(F)F)c2c1C[C@@H](N(C)C)CC2. The van der Waals surface area contributed by atoms with Gasteiger partial charge in [-0.1, -0.05) is 12.1 Å². The quantitative estimate of drug-likeness (QED) is 0.784. The van der Waals surface area contributed by atoms with Crippen molar-refractivity contribution in [2.45, 2.75) is 36.4 Å². The van der Waals surface area contributed by atoms with E-state index in [1.807, 2.05) is 14.1 Å². The van der Waals surface area contributed by atoms with E-state index in [0.717, 1.165) is 29.7 Å². The van der Waals surface area contributed by atoms with Crippen molar-refractivity contribution in [3.8, 4) is 5.75 Å². The smallest absolute Gasteiger partial charge is 0.417 e. The summed E-state index contributed by atoms with van der Waals surface area (Å²) in [5.74, 6) is 0.644. The van der Waals surface area contributed by atoms with Crippen LogP contribution in [-0.4, -0.2) is 40.6 Å². The lowest BCUT2D eigenvalue weighted by atomic mass is 9.86. The Morgan fingerprint density at radius 3 is 2.41 bits per heavy atom. The van der Waals surface area contributed by atoms with Crippen LogP contribution in [0.2, 0.25) is 0 Å². The Morgan fingerprint density at radius 2 is 1.79 bits per heavy atom. The molecule has 2 aromatic rings. The highest BCUT2D eigenvalue weighted by Gasteiger charge is 2.37. The number of hydrogen-bond acceptors (Lipinski definition) is 4. The topological polar surface area (TPSA) is 58.6 Å². The zero-order valence-corrected chi connectivity index (χ0v) is 17.2. The van der Waals surface area contributed by atoms with Crippen LogP contribution in [0.25, 0.3) is 0 Å². The third-order valence-corrected chi connectivity index (χ3v) is 6.66. The number of fused-ring (bicyclic) bond motifs is 1. The minimum Gasteiger partial charge on any atom is -0.496 e. The third-order valence-electron chi connectivity index (χ3n) is 5.23. The molecule has 3 rings (SSSR count). The Hall–Kier alpha value is -2.26. The highest BCUT2D eigenvalue weighted by Crippen LogP contribution is 2.38. The number of nitrogens with one attached hydrogen (secondary N) is 1. The van der Waals surface area contributed by atoms with E-state index in [0.29, 0.717) is 18.6 Å². The second kappa shape index (κ2) is 7.87. The standard InChI is InChI=1S/C20H23F3N2O3S/c1-25(2)13-8-9-14-15(12-13)18(28-3)11-10-17(14)24-29(26,27)19-7-5-4-6-16(19)20(21,22)23/h4-7,10-11,13,24H,8-9,12H2,1-3H3/t13-/m0/s1.